The fraction of sp³-hybridized carbons (Fsp3) is 0.625. The van der Waals surface area contributed by atoms with E-state index in [1.165, 1.54) is 9.80 Å². The number of rotatable bonds is 5. The van der Waals surface area contributed by atoms with Crippen LogP contribution in [0.3, 0.4) is 0 Å². The molecule has 0 spiro atoms. The van der Waals surface area contributed by atoms with Crippen LogP contribution in [-0.4, -0.2) is 47.9 Å². The van der Waals surface area contributed by atoms with Gasteiger partial charge in [0.1, 0.15) is 10.9 Å². The van der Waals surface area contributed by atoms with Crippen LogP contribution in [0.5, 0.6) is 0 Å². The number of nitrogens with zero attached hydrogens (tertiary/aromatic N) is 2. The number of carbonyl (C=O) groups is 3. The predicted molar refractivity (Wildman–Crippen MR) is 124 cm³/mol. The van der Waals surface area contributed by atoms with Gasteiger partial charge in [0.25, 0.3) is 0 Å². The molecule has 7 heteroatoms. The fourth-order valence-corrected chi connectivity index (χ4v) is 4.57. The molecule has 0 bridgehead atoms. The van der Waals surface area contributed by atoms with Crippen molar-refractivity contribution in [3.63, 3.8) is 0 Å². The molecule has 2 rings (SSSR count). The third-order valence-electron chi connectivity index (χ3n) is 5.51. The Morgan fingerprint density at radius 2 is 1.74 bits per heavy atom. The SMILES string of the molecule is C[C@H](C(=O)N(C)C)N(c1cc(C#CC(C)(C)C)sc1C(=O)O)C(=O)[C@H]1CC[C@H](C)CC1. The van der Waals surface area contributed by atoms with Crippen molar-refractivity contribution in [3.05, 3.63) is 15.8 Å². The average Bonchev–Trinajstić information content (AvgIpc) is 3.10. The Labute approximate surface area is 189 Å². The van der Waals surface area contributed by atoms with E-state index in [1.807, 2.05) is 20.8 Å². The summed E-state index contributed by atoms with van der Waals surface area (Å²) in [7, 11) is 3.27. The molecule has 1 heterocycles. The topological polar surface area (TPSA) is 77.9 Å². The molecule has 0 saturated heterocycles. The van der Waals surface area contributed by atoms with Crippen LogP contribution in [0.15, 0.2) is 6.07 Å². The van der Waals surface area contributed by atoms with Crippen LogP contribution in [0.25, 0.3) is 0 Å². The number of anilines is 1. The van der Waals surface area contributed by atoms with E-state index in [9.17, 15) is 19.5 Å². The van der Waals surface area contributed by atoms with Crippen LogP contribution < -0.4 is 4.90 Å². The molecule has 1 aliphatic rings. The number of thiophene rings is 1. The van der Waals surface area contributed by atoms with Gasteiger partial charge in [0.15, 0.2) is 0 Å². The molecule has 1 aromatic rings. The molecule has 1 saturated carbocycles. The molecule has 0 aliphatic heterocycles. The Balaban J connectivity index is 2.55. The first kappa shape index (κ1) is 24.9. The van der Waals surface area contributed by atoms with Gasteiger partial charge in [0.05, 0.1) is 10.6 Å². The second kappa shape index (κ2) is 9.86. The maximum atomic E-state index is 13.6. The average molecular weight is 447 g/mol. The lowest BCUT2D eigenvalue weighted by atomic mass is 9.82. The quantitative estimate of drug-likeness (QED) is 0.677. The highest BCUT2D eigenvalue weighted by atomic mass is 32.1. The number of likely N-dealkylation sites (N-methyl/N-ethyl adjacent to an activating group) is 1. The van der Waals surface area contributed by atoms with Crippen molar-refractivity contribution in [1.82, 2.24) is 4.90 Å². The molecule has 0 unspecified atom stereocenters. The number of carboxylic acid groups (broad SMARTS) is 1. The first-order chi connectivity index (χ1) is 14.3. The largest absolute Gasteiger partial charge is 0.477 e. The molecule has 1 aliphatic carbocycles. The number of hydrogen-bond donors (Lipinski definition) is 1. The summed E-state index contributed by atoms with van der Waals surface area (Å²) in [5.41, 5.74) is 0.0257. The van der Waals surface area contributed by atoms with Crippen molar-refractivity contribution in [2.75, 3.05) is 19.0 Å². The summed E-state index contributed by atoms with van der Waals surface area (Å²) in [4.78, 5) is 41.9. The maximum Gasteiger partial charge on any atom is 0.348 e. The van der Waals surface area contributed by atoms with Gasteiger partial charge in [-0.2, -0.15) is 0 Å². The van der Waals surface area contributed by atoms with Crippen molar-refractivity contribution < 1.29 is 19.5 Å². The minimum absolute atomic E-state index is 0.0362. The fourth-order valence-electron chi connectivity index (χ4n) is 3.73. The first-order valence-electron chi connectivity index (χ1n) is 10.8. The molecule has 170 valence electrons. The van der Waals surface area contributed by atoms with E-state index < -0.39 is 12.0 Å². The summed E-state index contributed by atoms with van der Waals surface area (Å²) in [5, 5.41) is 9.84. The van der Waals surface area contributed by atoms with Gasteiger partial charge in [-0.15, -0.1) is 11.3 Å². The lowest BCUT2D eigenvalue weighted by Crippen LogP contribution is -2.50. The molecule has 1 fully saturated rings. The Kier molecular flexibility index (Phi) is 7.93. The maximum absolute atomic E-state index is 13.6. The minimum Gasteiger partial charge on any atom is -0.477 e. The summed E-state index contributed by atoms with van der Waals surface area (Å²) in [6.07, 6.45) is 3.42. The molecule has 6 nitrogen and oxygen atoms in total. The van der Waals surface area contributed by atoms with Crippen LogP contribution in [0.2, 0.25) is 0 Å². The number of aromatic carboxylic acids is 1. The van der Waals surface area contributed by atoms with Gasteiger partial charge >= 0.3 is 5.97 Å². The van der Waals surface area contributed by atoms with Gasteiger partial charge in [-0.3, -0.25) is 14.5 Å². The van der Waals surface area contributed by atoms with E-state index in [2.05, 4.69) is 18.8 Å². The third-order valence-corrected chi connectivity index (χ3v) is 6.54. The first-order valence-corrected chi connectivity index (χ1v) is 11.6. The van der Waals surface area contributed by atoms with Crippen molar-refractivity contribution in [3.8, 4) is 11.8 Å². The molecule has 2 amide bonds. The number of carboxylic acids is 1. The van der Waals surface area contributed by atoms with Crippen molar-refractivity contribution >= 4 is 34.8 Å². The highest BCUT2D eigenvalue weighted by molar-refractivity contribution is 7.15. The zero-order valence-electron chi connectivity index (χ0n) is 19.6. The van der Waals surface area contributed by atoms with Gasteiger partial charge in [0, 0.05) is 25.4 Å². The van der Waals surface area contributed by atoms with Crippen LogP contribution in [-0.2, 0) is 9.59 Å². The Bertz CT molecular complexity index is 893. The zero-order chi connectivity index (χ0) is 23.5. The van der Waals surface area contributed by atoms with E-state index >= 15 is 0 Å². The van der Waals surface area contributed by atoms with E-state index in [0.29, 0.717) is 10.8 Å². The summed E-state index contributed by atoms with van der Waals surface area (Å²) < 4.78 is 0. The monoisotopic (exact) mass is 446 g/mol. The number of amides is 2. The molecular weight excluding hydrogens is 412 g/mol. The smallest absolute Gasteiger partial charge is 0.348 e. The Morgan fingerprint density at radius 3 is 2.23 bits per heavy atom. The molecule has 31 heavy (non-hydrogen) atoms. The van der Waals surface area contributed by atoms with Crippen molar-refractivity contribution in [2.45, 2.75) is 66.3 Å². The van der Waals surface area contributed by atoms with Crippen molar-refractivity contribution in [1.29, 1.82) is 0 Å². The third kappa shape index (κ3) is 6.33. The molecule has 1 aromatic heterocycles. The number of carbonyl (C=O) groups excluding carboxylic acids is 2. The van der Waals surface area contributed by atoms with Gasteiger partial charge in [-0.1, -0.05) is 18.8 Å². The van der Waals surface area contributed by atoms with Crippen LogP contribution in [0.4, 0.5) is 5.69 Å². The normalized spacial score (nSPS) is 19.7. The molecule has 0 radical (unpaired) electrons. The summed E-state index contributed by atoms with van der Waals surface area (Å²) in [6.45, 7) is 9.77. The van der Waals surface area contributed by atoms with E-state index in [-0.39, 0.29) is 33.7 Å². The Morgan fingerprint density at radius 1 is 1.16 bits per heavy atom. The molecule has 1 N–H and O–H groups in total. The number of hydrogen-bond acceptors (Lipinski definition) is 4. The summed E-state index contributed by atoms with van der Waals surface area (Å²) in [5.74, 6) is 4.98. The van der Waals surface area contributed by atoms with Crippen LogP contribution in [0, 0.1) is 29.1 Å². The second-order valence-electron chi connectivity index (χ2n) is 9.70. The molecule has 0 aromatic carbocycles. The van der Waals surface area contributed by atoms with E-state index in [0.717, 1.165) is 37.0 Å². The highest BCUT2D eigenvalue weighted by Crippen LogP contribution is 2.36. The second-order valence-corrected chi connectivity index (χ2v) is 10.8. The van der Waals surface area contributed by atoms with Crippen LogP contribution >= 0.6 is 11.3 Å². The van der Waals surface area contributed by atoms with Gasteiger partial charge in [-0.25, -0.2) is 4.79 Å². The van der Waals surface area contributed by atoms with E-state index in [1.54, 1.807) is 27.1 Å². The minimum atomic E-state index is -1.12. The van der Waals surface area contributed by atoms with Crippen molar-refractivity contribution in [2.24, 2.45) is 17.3 Å². The summed E-state index contributed by atoms with van der Waals surface area (Å²) >= 11 is 1.05. The van der Waals surface area contributed by atoms with Gasteiger partial charge < -0.3 is 10.0 Å². The zero-order valence-corrected chi connectivity index (χ0v) is 20.4. The highest BCUT2D eigenvalue weighted by Gasteiger charge is 2.37. The lowest BCUT2D eigenvalue weighted by Gasteiger charge is -2.35. The van der Waals surface area contributed by atoms with Crippen LogP contribution in [0.1, 0.15) is 74.9 Å². The standard InChI is InChI=1S/C24H34N2O4S/c1-15-8-10-17(11-9-15)22(28)26(16(2)21(27)25(6)7)19-14-18(12-13-24(3,4)5)31-20(19)23(29)30/h14-17H,8-11H2,1-7H3,(H,29,30)/t15-,16-,17-/m1/s1. The lowest BCUT2D eigenvalue weighted by molar-refractivity contribution is -0.133. The molecular formula is C24H34N2O4S. The molecule has 1 atom stereocenters. The van der Waals surface area contributed by atoms with Gasteiger partial charge in [-0.05, 0) is 65.4 Å². The van der Waals surface area contributed by atoms with Gasteiger partial charge in [0.2, 0.25) is 11.8 Å². The Hall–Kier alpha value is -2.33. The van der Waals surface area contributed by atoms with E-state index in [4.69, 9.17) is 0 Å². The summed E-state index contributed by atoms with van der Waals surface area (Å²) in [6, 6.07) is 0.841. The predicted octanol–water partition coefficient (Wildman–Crippen LogP) is 4.48.